The lowest BCUT2D eigenvalue weighted by Gasteiger charge is -2.09. The first-order chi connectivity index (χ1) is 12.3. The number of amides is 1. The fourth-order valence-corrected chi connectivity index (χ4v) is 2.51. The van der Waals surface area contributed by atoms with Crippen molar-refractivity contribution in [1.29, 1.82) is 0 Å². The standard InChI is InChI=1S/C19H14F3N3O/c1-12-11-13(6-8-19(20,21)22)4-5-15(12)18(26)25-17-16-14(7-10-24-17)3-2-9-23-16/h2-11H,1H3,(H,24,25,26)/b8-6+. The molecular weight excluding hydrogens is 343 g/mol. The van der Waals surface area contributed by atoms with Gasteiger partial charge in [0.25, 0.3) is 5.91 Å². The van der Waals surface area contributed by atoms with Crippen LogP contribution in [0.5, 0.6) is 0 Å². The van der Waals surface area contributed by atoms with Crippen LogP contribution in [0.25, 0.3) is 17.0 Å². The molecule has 1 aromatic carbocycles. The second-order valence-electron chi connectivity index (χ2n) is 5.64. The maximum absolute atomic E-state index is 12.5. The Morgan fingerprint density at radius 2 is 1.92 bits per heavy atom. The van der Waals surface area contributed by atoms with E-state index >= 15 is 0 Å². The smallest absolute Gasteiger partial charge is 0.305 e. The van der Waals surface area contributed by atoms with E-state index in [9.17, 15) is 18.0 Å². The second kappa shape index (κ2) is 6.95. The number of halogens is 3. The number of hydrogen-bond donors (Lipinski definition) is 1. The normalized spacial score (nSPS) is 11.8. The fraction of sp³-hybridized carbons (Fsp3) is 0.105. The SMILES string of the molecule is Cc1cc(/C=C/C(F)(F)F)ccc1C(=O)Nc1nccc2cccnc12. The van der Waals surface area contributed by atoms with Gasteiger partial charge in [-0.2, -0.15) is 13.2 Å². The largest absolute Gasteiger partial charge is 0.409 e. The molecule has 0 radical (unpaired) electrons. The molecule has 0 fully saturated rings. The van der Waals surface area contributed by atoms with Crippen LogP contribution >= 0.6 is 0 Å². The zero-order valence-electron chi connectivity index (χ0n) is 13.7. The van der Waals surface area contributed by atoms with Gasteiger partial charge in [0.05, 0.1) is 0 Å². The molecule has 0 spiro atoms. The topological polar surface area (TPSA) is 54.9 Å². The number of anilines is 1. The van der Waals surface area contributed by atoms with E-state index in [1.54, 1.807) is 31.5 Å². The van der Waals surface area contributed by atoms with Gasteiger partial charge in [-0.15, -0.1) is 0 Å². The number of aromatic nitrogens is 2. The van der Waals surface area contributed by atoms with Crippen molar-refractivity contribution in [3.63, 3.8) is 0 Å². The van der Waals surface area contributed by atoms with Crippen molar-refractivity contribution >= 4 is 28.7 Å². The van der Waals surface area contributed by atoms with Crippen molar-refractivity contribution < 1.29 is 18.0 Å². The van der Waals surface area contributed by atoms with Crippen LogP contribution in [0, 0.1) is 6.92 Å². The third-order valence-corrected chi connectivity index (χ3v) is 3.71. The van der Waals surface area contributed by atoms with Crippen LogP contribution in [0.1, 0.15) is 21.5 Å². The van der Waals surface area contributed by atoms with Crippen LogP contribution < -0.4 is 5.32 Å². The van der Waals surface area contributed by atoms with Crippen molar-refractivity contribution in [3.05, 3.63) is 71.6 Å². The zero-order valence-corrected chi connectivity index (χ0v) is 13.7. The van der Waals surface area contributed by atoms with Crippen LogP contribution in [-0.2, 0) is 0 Å². The summed E-state index contributed by atoms with van der Waals surface area (Å²) in [5.74, 6) is -0.0759. The molecule has 132 valence electrons. The molecule has 2 heterocycles. The molecule has 3 aromatic rings. The molecule has 2 aromatic heterocycles. The van der Waals surface area contributed by atoms with Crippen LogP contribution in [-0.4, -0.2) is 22.1 Å². The predicted molar refractivity (Wildman–Crippen MR) is 93.8 cm³/mol. The molecule has 3 rings (SSSR count). The summed E-state index contributed by atoms with van der Waals surface area (Å²) in [6, 6.07) is 9.88. The molecule has 0 atom stereocenters. The minimum absolute atomic E-state index is 0.160. The van der Waals surface area contributed by atoms with Crippen molar-refractivity contribution in [3.8, 4) is 0 Å². The van der Waals surface area contributed by atoms with Crippen LogP contribution in [0.15, 0.2) is 54.9 Å². The molecule has 0 aliphatic heterocycles. The summed E-state index contributed by atoms with van der Waals surface area (Å²) in [6.07, 6.45) is -0.0841. The number of rotatable bonds is 3. The predicted octanol–water partition coefficient (Wildman–Crippen LogP) is 4.77. The molecule has 1 N–H and O–H groups in total. The van der Waals surface area contributed by atoms with Gasteiger partial charge in [-0.25, -0.2) is 4.98 Å². The van der Waals surface area contributed by atoms with Gasteiger partial charge >= 0.3 is 6.18 Å². The Morgan fingerprint density at radius 3 is 2.65 bits per heavy atom. The first kappa shape index (κ1) is 17.6. The highest BCUT2D eigenvalue weighted by atomic mass is 19.4. The number of carbonyl (C=O) groups excluding carboxylic acids is 1. The molecule has 0 bridgehead atoms. The number of nitrogens with zero attached hydrogens (tertiary/aromatic N) is 2. The molecule has 26 heavy (non-hydrogen) atoms. The van der Waals surface area contributed by atoms with E-state index in [1.165, 1.54) is 18.2 Å². The van der Waals surface area contributed by atoms with E-state index in [1.807, 2.05) is 6.07 Å². The van der Waals surface area contributed by atoms with E-state index in [-0.39, 0.29) is 6.08 Å². The van der Waals surface area contributed by atoms with Gasteiger partial charge < -0.3 is 5.32 Å². The Labute approximate surface area is 147 Å². The summed E-state index contributed by atoms with van der Waals surface area (Å²) < 4.78 is 36.8. The number of alkyl halides is 3. The van der Waals surface area contributed by atoms with E-state index in [0.29, 0.717) is 28.0 Å². The van der Waals surface area contributed by atoms with Gasteiger partial charge in [-0.3, -0.25) is 9.78 Å². The highest BCUT2D eigenvalue weighted by Gasteiger charge is 2.21. The summed E-state index contributed by atoms with van der Waals surface area (Å²) in [4.78, 5) is 20.9. The van der Waals surface area contributed by atoms with Gasteiger partial charge in [-0.05, 0) is 36.2 Å². The maximum atomic E-state index is 12.5. The molecule has 0 aliphatic carbocycles. The Bertz CT molecular complexity index is 991. The number of fused-ring (bicyclic) bond motifs is 1. The average molecular weight is 357 g/mol. The molecule has 0 saturated heterocycles. The monoisotopic (exact) mass is 357 g/mol. The lowest BCUT2D eigenvalue weighted by molar-refractivity contribution is -0.0790. The summed E-state index contributed by atoms with van der Waals surface area (Å²) in [6.45, 7) is 1.66. The van der Waals surface area contributed by atoms with E-state index in [4.69, 9.17) is 0 Å². The van der Waals surface area contributed by atoms with Gasteiger partial charge in [0.1, 0.15) is 5.52 Å². The highest BCUT2D eigenvalue weighted by Crippen LogP contribution is 2.21. The van der Waals surface area contributed by atoms with Crippen molar-refractivity contribution in [1.82, 2.24) is 9.97 Å². The number of aryl methyl sites for hydroxylation is 1. The molecule has 7 heteroatoms. The summed E-state index contributed by atoms with van der Waals surface area (Å²) >= 11 is 0. The quantitative estimate of drug-likeness (QED) is 0.735. The Balaban J connectivity index is 1.85. The number of carbonyl (C=O) groups is 1. The molecule has 0 aliphatic rings. The summed E-state index contributed by atoms with van der Waals surface area (Å²) in [5, 5.41) is 3.54. The van der Waals surface area contributed by atoms with Crippen molar-refractivity contribution in [2.45, 2.75) is 13.1 Å². The average Bonchev–Trinajstić information content (AvgIpc) is 2.59. The highest BCUT2D eigenvalue weighted by molar-refractivity contribution is 6.08. The second-order valence-corrected chi connectivity index (χ2v) is 5.64. The lowest BCUT2D eigenvalue weighted by Crippen LogP contribution is -2.15. The van der Waals surface area contributed by atoms with Crippen LogP contribution in [0.2, 0.25) is 0 Å². The first-order valence-electron chi connectivity index (χ1n) is 7.71. The third kappa shape index (κ3) is 4.05. The van der Waals surface area contributed by atoms with Crippen molar-refractivity contribution in [2.75, 3.05) is 5.32 Å². The number of pyridine rings is 2. The number of allylic oxidation sites excluding steroid dienone is 1. The Kier molecular flexibility index (Phi) is 4.71. The number of nitrogens with one attached hydrogen (secondary N) is 1. The van der Waals surface area contributed by atoms with Crippen molar-refractivity contribution in [2.24, 2.45) is 0 Å². The third-order valence-electron chi connectivity index (χ3n) is 3.71. The maximum Gasteiger partial charge on any atom is 0.409 e. The lowest BCUT2D eigenvalue weighted by atomic mass is 10.0. The minimum atomic E-state index is -4.38. The van der Waals surface area contributed by atoms with E-state index in [2.05, 4.69) is 15.3 Å². The molecule has 0 unspecified atom stereocenters. The van der Waals surface area contributed by atoms with Gasteiger partial charge in [0, 0.05) is 29.4 Å². The summed E-state index contributed by atoms with van der Waals surface area (Å²) in [5.41, 5.74) is 1.83. The van der Waals surface area contributed by atoms with Crippen LogP contribution in [0.4, 0.5) is 19.0 Å². The fourth-order valence-electron chi connectivity index (χ4n) is 2.51. The molecule has 4 nitrogen and oxygen atoms in total. The Hall–Kier alpha value is -3.22. The minimum Gasteiger partial charge on any atom is -0.305 e. The van der Waals surface area contributed by atoms with Gasteiger partial charge in [0.2, 0.25) is 0 Å². The van der Waals surface area contributed by atoms with E-state index in [0.717, 1.165) is 11.5 Å². The molecule has 0 saturated carbocycles. The molecule has 1 amide bonds. The van der Waals surface area contributed by atoms with Gasteiger partial charge in [-0.1, -0.05) is 24.3 Å². The molecular formula is C19H14F3N3O. The summed E-state index contributed by atoms with van der Waals surface area (Å²) in [7, 11) is 0. The number of benzene rings is 1. The van der Waals surface area contributed by atoms with Crippen LogP contribution in [0.3, 0.4) is 0 Å². The van der Waals surface area contributed by atoms with Gasteiger partial charge in [0.15, 0.2) is 5.82 Å². The zero-order chi connectivity index (χ0) is 18.7. The first-order valence-corrected chi connectivity index (χ1v) is 7.71. The van der Waals surface area contributed by atoms with E-state index < -0.39 is 12.1 Å². The number of hydrogen-bond acceptors (Lipinski definition) is 3. The Morgan fingerprint density at radius 1 is 1.12 bits per heavy atom.